The molecule has 0 aromatic heterocycles. The quantitative estimate of drug-likeness (QED) is 0.362. The highest BCUT2D eigenvalue weighted by Gasteiger charge is 2.34. The number of sulfonamides is 1. The van der Waals surface area contributed by atoms with Crippen LogP contribution in [0.25, 0.3) is 0 Å². The number of amides is 2. The molecule has 202 valence electrons. The van der Waals surface area contributed by atoms with Gasteiger partial charge in [-0.2, -0.15) is 0 Å². The number of carbonyl (C=O) groups is 2. The molecule has 2 amide bonds. The van der Waals surface area contributed by atoms with Gasteiger partial charge in [-0.25, -0.2) is 8.42 Å². The highest BCUT2D eigenvalue weighted by Crippen LogP contribution is 2.32. The van der Waals surface area contributed by atoms with Crippen molar-refractivity contribution in [1.29, 1.82) is 0 Å². The lowest BCUT2D eigenvalue weighted by Crippen LogP contribution is -2.53. The van der Waals surface area contributed by atoms with Crippen LogP contribution in [0.3, 0.4) is 0 Å². The number of carbonyl (C=O) groups excluding carboxylic acids is 2. The smallest absolute Gasteiger partial charge is 0.244 e. The van der Waals surface area contributed by atoms with Gasteiger partial charge in [-0.1, -0.05) is 72.2 Å². The topological polar surface area (TPSA) is 86.8 Å². The Kier molecular flexibility index (Phi) is 10.4. The summed E-state index contributed by atoms with van der Waals surface area (Å²) >= 11 is 25.2. The van der Waals surface area contributed by atoms with Crippen molar-refractivity contribution in [3.05, 3.63) is 62.1 Å². The number of anilines is 1. The summed E-state index contributed by atoms with van der Waals surface area (Å²) in [5.74, 6) is -0.927. The zero-order chi connectivity index (χ0) is 27.3. The standard InChI is InChI=1S/C25H29Cl4N3O4S/c1-3-22(25(34)30-17-7-4-5-8-17)31(14-18-19(27)9-6-10-20(18)28)24(33)15-32(37(2,35)36)23-13-16(26)11-12-21(23)29/h6,9-13,17,22H,3-5,7-8,14-15H2,1-2H3,(H,30,34). The maximum absolute atomic E-state index is 13.8. The van der Waals surface area contributed by atoms with Crippen LogP contribution >= 0.6 is 46.4 Å². The molecular weight excluding hydrogens is 580 g/mol. The van der Waals surface area contributed by atoms with Gasteiger partial charge in [0.15, 0.2) is 0 Å². The Labute approximate surface area is 238 Å². The molecule has 2 aromatic rings. The second kappa shape index (κ2) is 12.9. The fraction of sp³-hybridized carbons (Fsp3) is 0.440. The average molecular weight is 609 g/mol. The van der Waals surface area contributed by atoms with Crippen molar-refractivity contribution in [3.8, 4) is 0 Å². The first-order valence-corrected chi connectivity index (χ1v) is 15.2. The predicted octanol–water partition coefficient (Wildman–Crippen LogP) is 5.93. The summed E-state index contributed by atoms with van der Waals surface area (Å²) in [6.07, 6.45) is 5.08. The van der Waals surface area contributed by atoms with E-state index in [2.05, 4.69) is 5.32 Å². The first kappa shape index (κ1) is 29.8. The summed E-state index contributed by atoms with van der Waals surface area (Å²) in [4.78, 5) is 28.5. The zero-order valence-corrected chi connectivity index (χ0v) is 24.4. The highest BCUT2D eigenvalue weighted by molar-refractivity contribution is 7.92. The van der Waals surface area contributed by atoms with Gasteiger partial charge >= 0.3 is 0 Å². The summed E-state index contributed by atoms with van der Waals surface area (Å²) in [6.45, 7) is 1.10. The largest absolute Gasteiger partial charge is 0.352 e. The number of benzene rings is 2. The molecule has 1 aliphatic carbocycles. The normalized spacial score (nSPS) is 14.9. The van der Waals surface area contributed by atoms with Gasteiger partial charge < -0.3 is 10.2 Å². The van der Waals surface area contributed by atoms with Gasteiger partial charge in [0, 0.05) is 33.2 Å². The van der Waals surface area contributed by atoms with E-state index < -0.39 is 28.5 Å². The summed E-state index contributed by atoms with van der Waals surface area (Å²) in [5.41, 5.74) is 0.516. The number of nitrogens with one attached hydrogen (secondary N) is 1. The van der Waals surface area contributed by atoms with Crippen molar-refractivity contribution in [2.75, 3.05) is 17.1 Å². The van der Waals surface area contributed by atoms with E-state index in [1.54, 1.807) is 25.1 Å². The first-order chi connectivity index (χ1) is 17.4. The third-order valence-electron chi connectivity index (χ3n) is 6.33. The van der Waals surface area contributed by atoms with Crippen LogP contribution in [0.1, 0.15) is 44.6 Å². The van der Waals surface area contributed by atoms with Crippen LogP contribution in [0.15, 0.2) is 36.4 Å². The van der Waals surface area contributed by atoms with Crippen molar-refractivity contribution >= 4 is 73.9 Å². The van der Waals surface area contributed by atoms with Crippen LogP contribution in [-0.2, 0) is 26.2 Å². The van der Waals surface area contributed by atoms with Crippen LogP contribution in [-0.4, -0.2) is 50.0 Å². The second-order valence-electron chi connectivity index (χ2n) is 9.00. The minimum atomic E-state index is -3.96. The monoisotopic (exact) mass is 607 g/mol. The highest BCUT2D eigenvalue weighted by atomic mass is 35.5. The van der Waals surface area contributed by atoms with Crippen molar-refractivity contribution in [3.63, 3.8) is 0 Å². The predicted molar refractivity (Wildman–Crippen MR) is 150 cm³/mol. The van der Waals surface area contributed by atoms with Gasteiger partial charge in [-0.05, 0) is 49.6 Å². The van der Waals surface area contributed by atoms with Crippen LogP contribution in [0, 0.1) is 0 Å². The Balaban J connectivity index is 2.00. The first-order valence-electron chi connectivity index (χ1n) is 11.9. The molecule has 0 bridgehead atoms. The van der Waals surface area contributed by atoms with E-state index in [1.807, 2.05) is 0 Å². The van der Waals surface area contributed by atoms with E-state index in [0.29, 0.717) is 22.0 Å². The summed E-state index contributed by atoms with van der Waals surface area (Å²) in [6, 6.07) is 8.46. The van der Waals surface area contributed by atoms with Crippen molar-refractivity contribution in [2.24, 2.45) is 0 Å². The Morgan fingerprint density at radius 3 is 2.22 bits per heavy atom. The third kappa shape index (κ3) is 7.67. The molecule has 0 spiro atoms. The maximum atomic E-state index is 13.8. The SMILES string of the molecule is CCC(C(=O)NC1CCCC1)N(Cc1c(Cl)cccc1Cl)C(=O)CN(c1cc(Cl)ccc1Cl)S(C)(=O)=O. The van der Waals surface area contributed by atoms with Crippen molar-refractivity contribution in [2.45, 2.75) is 57.7 Å². The van der Waals surface area contributed by atoms with Gasteiger partial charge in [0.25, 0.3) is 0 Å². The van der Waals surface area contributed by atoms with Crippen molar-refractivity contribution in [1.82, 2.24) is 10.2 Å². The van der Waals surface area contributed by atoms with Gasteiger partial charge in [-0.15, -0.1) is 0 Å². The molecule has 0 heterocycles. The van der Waals surface area contributed by atoms with Gasteiger partial charge in [-0.3, -0.25) is 13.9 Å². The molecule has 1 unspecified atom stereocenters. The maximum Gasteiger partial charge on any atom is 0.244 e. The molecule has 1 saturated carbocycles. The molecule has 0 saturated heterocycles. The lowest BCUT2D eigenvalue weighted by atomic mass is 10.1. The van der Waals surface area contributed by atoms with Crippen LogP contribution in [0.4, 0.5) is 5.69 Å². The van der Waals surface area contributed by atoms with Crippen LogP contribution in [0.5, 0.6) is 0 Å². The lowest BCUT2D eigenvalue weighted by Gasteiger charge is -2.34. The molecule has 1 fully saturated rings. The fourth-order valence-electron chi connectivity index (χ4n) is 4.41. The number of rotatable bonds is 10. The van der Waals surface area contributed by atoms with Crippen LogP contribution in [0.2, 0.25) is 20.1 Å². The molecule has 12 heteroatoms. The van der Waals surface area contributed by atoms with Gasteiger partial charge in [0.1, 0.15) is 12.6 Å². The van der Waals surface area contributed by atoms with E-state index in [9.17, 15) is 18.0 Å². The van der Waals surface area contributed by atoms with E-state index in [0.717, 1.165) is 36.2 Å². The number of nitrogens with zero attached hydrogens (tertiary/aromatic N) is 2. The molecule has 1 N–H and O–H groups in total. The number of halogens is 4. The Bertz CT molecular complexity index is 1230. The fourth-order valence-corrected chi connectivity index (χ4v) is 6.22. The van der Waals surface area contributed by atoms with Crippen LogP contribution < -0.4 is 9.62 Å². The number of hydrogen-bond donors (Lipinski definition) is 1. The van der Waals surface area contributed by atoms with E-state index in [4.69, 9.17) is 46.4 Å². The van der Waals surface area contributed by atoms with Gasteiger partial charge in [0.2, 0.25) is 21.8 Å². The molecule has 1 atom stereocenters. The molecule has 37 heavy (non-hydrogen) atoms. The average Bonchev–Trinajstić information content (AvgIpc) is 3.33. The Hall–Kier alpha value is -1.71. The summed E-state index contributed by atoms with van der Waals surface area (Å²) < 4.78 is 26.4. The lowest BCUT2D eigenvalue weighted by molar-refractivity contribution is -0.140. The molecule has 1 aliphatic rings. The minimum absolute atomic E-state index is 0.0418. The molecule has 3 rings (SSSR count). The molecule has 7 nitrogen and oxygen atoms in total. The Morgan fingerprint density at radius 2 is 1.65 bits per heavy atom. The number of hydrogen-bond acceptors (Lipinski definition) is 4. The zero-order valence-electron chi connectivity index (χ0n) is 20.5. The Morgan fingerprint density at radius 1 is 1.03 bits per heavy atom. The van der Waals surface area contributed by atoms with E-state index >= 15 is 0 Å². The molecule has 0 aliphatic heterocycles. The second-order valence-corrected chi connectivity index (χ2v) is 12.6. The van der Waals surface area contributed by atoms with E-state index in [-0.39, 0.29) is 34.2 Å². The van der Waals surface area contributed by atoms with Gasteiger partial charge in [0.05, 0.1) is 17.0 Å². The molecule has 2 aromatic carbocycles. The minimum Gasteiger partial charge on any atom is -0.352 e. The van der Waals surface area contributed by atoms with Crippen molar-refractivity contribution < 1.29 is 18.0 Å². The molecule has 0 radical (unpaired) electrons. The van der Waals surface area contributed by atoms with E-state index in [1.165, 1.54) is 23.1 Å². The summed E-state index contributed by atoms with van der Waals surface area (Å²) in [5, 5.41) is 4.06. The third-order valence-corrected chi connectivity index (χ3v) is 8.72. The summed E-state index contributed by atoms with van der Waals surface area (Å²) in [7, 11) is -3.96. The molecular formula is C25H29Cl4N3O4S.